The van der Waals surface area contributed by atoms with E-state index >= 15 is 0 Å². The summed E-state index contributed by atoms with van der Waals surface area (Å²) in [6.45, 7) is 1.64. The van der Waals surface area contributed by atoms with Gasteiger partial charge in [-0.05, 0) is 25.3 Å². The van der Waals surface area contributed by atoms with Gasteiger partial charge in [0.15, 0.2) is 0 Å². The lowest BCUT2D eigenvalue weighted by atomic mass is 9.92. The summed E-state index contributed by atoms with van der Waals surface area (Å²) in [5.41, 5.74) is 5.22. The number of aliphatic hydroxyl groups excluding tert-OH is 1. The predicted octanol–water partition coefficient (Wildman–Crippen LogP) is 0.502. The van der Waals surface area contributed by atoms with E-state index in [0.717, 1.165) is 18.4 Å². The normalized spacial score (nSPS) is 20.4. The van der Waals surface area contributed by atoms with Crippen molar-refractivity contribution in [3.05, 3.63) is 35.9 Å². The van der Waals surface area contributed by atoms with Gasteiger partial charge in [0.25, 0.3) is 0 Å². The quantitative estimate of drug-likeness (QED) is 0.710. The van der Waals surface area contributed by atoms with Gasteiger partial charge in [-0.25, -0.2) is 0 Å². The molecule has 4 nitrogen and oxygen atoms in total. The first-order chi connectivity index (χ1) is 8.00. The van der Waals surface area contributed by atoms with Crippen LogP contribution in [0.3, 0.4) is 0 Å². The van der Waals surface area contributed by atoms with Gasteiger partial charge in [0.2, 0.25) is 5.91 Å². The number of amides is 1. The summed E-state index contributed by atoms with van der Waals surface area (Å²) in [5, 5.41) is 12.4. The van der Waals surface area contributed by atoms with Gasteiger partial charge < -0.3 is 16.2 Å². The Morgan fingerprint density at radius 2 is 2.06 bits per heavy atom. The maximum absolute atomic E-state index is 11.9. The smallest absolute Gasteiger partial charge is 0.240 e. The third-order valence-corrected chi connectivity index (χ3v) is 3.36. The van der Waals surface area contributed by atoms with E-state index in [0.29, 0.717) is 0 Å². The van der Waals surface area contributed by atoms with E-state index in [-0.39, 0.29) is 12.5 Å². The van der Waals surface area contributed by atoms with Crippen molar-refractivity contribution in [1.82, 2.24) is 5.32 Å². The van der Waals surface area contributed by atoms with E-state index in [1.54, 1.807) is 6.92 Å². The molecule has 1 aliphatic carbocycles. The molecule has 1 saturated carbocycles. The maximum Gasteiger partial charge on any atom is 0.240 e. The van der Waals surface area contributed by atoms with E-state index in [4.69, 9.17) is 5.73 Å². The molecule has 0 bridgehead atoms. The molecule has 0 radical (unpaired) electrons. The number of carbonyl (C=O) groups is 1. The minimum atomic E-state index is -0.771. The number of benzene rings is 1. The van der Waals surface area contributed by atoms with Gasteiger partial charge in [-0.15, -0.1) is 0 Å². The largest absolute Gasteiger partial charge is 0.394 e. The molecule has 2 rings (SSSR count). The molecule has 92 valence electrons. The number of nitrogens with one attached hydrogen (secondary N) is 1. The van der Waals surface area contributed by atoms with Crippen molar-refractivity contribution in [2.45, 2.75) is 30.8 Å². The Hall–Kier alpha value is -1.39. The van der Waals surface area contributed by atoms with Gasteiger partial charge in [-0.2, -0.15) is 0 Å². The monoisotopic (exact) mass is 234 g/mol. The van der Waals surface area contributed by atoms with Gasteiger partial charge in [-0.1, -0.05) is 30.3 Å². The summed E-state index contributed by atoms with van der Waals surface area (Å²) in [6.07, 6.45) is 1.43. The molecule has 0 saturated heterocycles. The minimum absolute atomic E-state index is 0.154. The number of hydrogen-bond donors (Lipinski definition) is 3. The Labute approximate surface area is 101 Å². The summed E-state index contributed by atoms with van der Waals surface area (Å²) in [6, 6.07) is 9.42. The second-order valence-corrected chi connectivity index (χ2v) is 4.97. The third-order valence-electron chi connectivity index (χ3n) is 3.36. The van der Waals surface area contributed by atoms with Crippen LogP contribution in [-0.4, -0.2) is 23.2 Å². The Morgan fingerprint density at radius 3 is 2.53 bits per heavy atom. The SMILES string of the molecule is CC(CO)(NC(=O)C1(N)CC1)c1ccccc1. The molecule has 4 N–H and O–H groups in total. The molecule has 0 spiro atoms. The van der Waals surface area contributed by atoms with E-state index < -0.39 is 11.1 Å². The fourth-order valence-electron chi connectivity index (χ4n) is 1.75. The van der Waals surface area contributed by atoms with Crippen LogP contribution >= 0.6 is 0 Å². The molecule has 1 atom stereocenters. The van der Waals surface area contributed by atoms with Crippen molar-refractivity contribution in [1.29, 1.82) is 0 Å². The average Bonchev–Trinajstić information content (AvgIpc) is 3.10. The summed E-state index contributed by atoms with van der Waals surface area (Å²) in [4.78, 5) is 11.9. The summed E-state index contributed by atoms with van der Waals surface area (Å²) in [7, 11) is 0. The highest BCUT2D eigenvalue weighted by Crippen LogP contribution is 2.33. The van der Waals surface area contributed by atoms with Crippen LogP contribution in [0.2, 0.25) is 0 Å². The molecule has 17 heavy (non-hydrogen) atoms. The van der Waals surface area contributed by atoms with Gasteiger partial charge in [0.05, 0.1) is 17.7 Å². The number of carbonyl (C=O) groups excluding carboxylic acids is 1. The number of nitrogens with two attached hydrogens (primary N) is 1. The van der Waals surface area contributed by atoms with Crippen LogP contribution in [0, 0.1) is 0 Å². The Balaban J connectivity index is 2.17. The Kier molecular flexibility index (Phi) is 2.93. The molecule has 0 aliphatic heterocycles. The third kappa shape index (κ3) is 2.33. The molecule has 1 unspecified atom stereocenters. The van der Waals surface area contributed by atoms with Crippen molar-refractivity contribution in [3.8, 4) is 0 Å². The molecule has 0 aromatic heterocycles. The van der Waals surface area contributed by atoms with Crippen LogP contribution in [0.25, 0.3) is 0 Å². The molecular formula is C13H18N2O2. The summed E-state index contributed by atoms with van der Waals surface area (Å²) in [5.74, 6) is -0.182. The number of hydrogen-bond acceptors (Lipinski definition) is 3. The first-order valence-corrected chi connectivity index (χ1v) is 5.78. The minimum Gasteiger partial charge on any atom is -0.394 e. The standard InChI is InChI=1S/C13H18N2O2/c1-12(9-16,10-5-3-2-4-6-10)15-11(17)13(14)7-8-13/h2-6,16H,7-9,14H2,1H3,(H,15,17). The molecule has 4 heteroatoms. The highest BCUT2D eigenvalue weighted by atomic mass is 16.3. The Morgan fingerprint density at radius 1 is 1.47 bits per heavy atom. The van der Waals surface area contributed by atoms with Crippen LogP contribution in [0.15, 0.2) is 30.3 Å². The zero-order valence-electron chi connectivity index (χ0n) is 9.94. The highest BCUT2D eigenvalue weighted by molar-refractivity contribution is 5.89. The highest BCUT2D eigenvalue weighted by Gasteiger charge is 2.47. The van der Waals surface area contributed by atoms with Gasteiger partial charge in [0.1, 0.15) is 0 Å². The van der Waals surface area contributed by atoms with Crippen molar-refractivity contribution in [2.24, 2.45) is 5.73 Å². The van der Waals surface area contributed by atoms with Crippen molar-refractivity contribution < 1.29 is 9.90 Å². The van der Waals surface area contributed by atoms with Crippen molar-refractivity contribution in [2.75, 3.05) is 6.61 Å². The van der Waals surface area contributed by atoms with Crippen LogP contribution in [0.4, 0.5) is 0 Å². The number of aliphatic hydroxyl groups is 1. The van der Waals surface area contributed by atoms with E-state index in [9.17, 15) is 9.90 Å². The molecule has 1 aromatic rings. The lowest BCUT2D eigenvalue weighted by molar-refractivity contribution is -0.125. The van der Waals surface area contributed by atoms with Crippen LogP contribution in [0.5, 0.6) is 0 Å². The molecule has 1 aliphatic rings. The lowest BCUT2D eigenvalue weighted by Gasteiger charge is -2.30. The predicted molar refractivity (Wildman–Crippen MR) is 65.2 cm³/mol. The zero-order chi connectivity index (χ0) is 12.5. The van der Waals surface area contributed by atoms with E-state index in [1.807, 2.05) is 30.3 Å². The topological polar surface area (TPSA) is 75.3 Å². The first kappa shape index (κ1) is 12.1. The second-order valence-electron chi connectivity index (χ2n) is 4.97. The van der Waals surface area contributed by atoms with Gasteiger partial charge in [0, 0.05) is 0 Å². The van der Waals surface area contributed by atoms with Crippen LogP contribution < -0.4 is 11.1 Å². The lowest BCUT2D eigenvalue weighted by Crippen LogP contribution is -2.53. The maximum atomic E-state index is 11.9. The Bertz CT molecular complexity index is 415. The van der Waals surface area contributed by atoms with Gasteiger partial charge in [-0.3, -0.25) is 4.79 Å². The molecule has 0 heterocycles. The molecule has 1 fully saturated rings. The van der Waals surface area contributed by atoms with E-state index in [1.165, 1.54) is 0 Å². The second kappa shape index (κ2) is 4.13. The number of rotatable bonds is 4. The first-order valence-electron chi connectivity index (χ1n) is 5.78. The van der Waals surface area contributed by atoms with Crippen molar-refractivity contribution in [3.63, 3.8) is 0 Å². The van der Waals surface area contributed by atoms with E-state index in [2.05, 4.69) is 5.32 Å². The summed E-state index contributed by atoms with van der Waals surface area (Å²) < 4.78 is 0. The average molecular weight is 234 g/mol. The molecule has 1 amide bonds. The fourth-order valence-corrected chi connectivity index (χ4v) is 1.75. The molecule has 1 aromatic carbocycles. The molecular weight excluding hydrogens is 216 g/mol. The van der Waals surface area contributed by atoms with Crippen LogP contribution in [-0.2, 0) is 10.3 Å². The summed E-state index contributed by atoms with van der Waals surface area (Å²) >= 11 is 0. The van der Waals surface area contributed by atoms with Crippen molar-refractivity contribution >= 4 is 5.91 Å². The zero-order valence-corrected chi connectivity index (χ0v) is 9.94. The fraction of sp³-hybridized carbons (Fsp3) is 0.462. The van der Waals surface area contributed by atoms with Crippen LogP contribution in [0.1, 0.15) is 25.3 Å². The van der Waals surface area contributed by atoms with Gasteiger partial charge >= 0.3 is 0 Å².